The molecule has 0 amide bonds. The van der Waals surface area contributed by atoms with Gasteiger partial charge < -0.3 is 10.2 Å². The van der Waals surface area contributed by atoms with Crippen molar-refractivity contribution in [3.05, 3.63) is 0 Å². The van der Waals surface area contributed by atoms with E-state index in [1.807, 2.05) is 0 Å². The van der Waals surface area contributed by atoms with Gasteiger partial charge in [0, 0.05) is 0 Å². The minimum Gasteiger partial charge on any atom is -0.855 e. The summed E-state index contributed by atoms with van der Waals surface area (Å²) in [5.74, 6) is 0. The predicted octanol–water partition coefficient (Wildman–Crippen LogP) is 0.693. The molecule has 1 aliphatic rings. The average molecular weight is 199 g/mol. The van der Waals surface area contributed by atoms with Crippen molar-refractivity contribution >= 4 is 23.1 Å². The van der Waals surface area contributed by atoms with Crippen molar-refractivity contribution in [2.75, 3.05) is 13.2 Å². The molecule has 0 N–H and O–H groups in total. The molecule has 0 aromatic rings. The molecular weight excluding hydrogens is 176 g/mol. The Morgan fingerprint density at radius 3 is 0.846 bits per heavy atom. The Hall–Kier alpha value is 0.686. The van der Waals surface area contributed by atoms with E-state index < -0.39 is 0 Å². The molecule has 0 atom stereocenters. The molecule has 1 fully saturated rings. The molecule has 1 saturated carbocycles. The fourth-order valence-corrected chi connectivity index (χ4v) is 1.06. The van der Waals surface area contributed by atoms with Crippen molar-refractivity contribution in [2.45, 2.75) is 52.4 Å². The molecule has 0 bridgehead atoms. The van der Waals surface area contributed by atoms with Crippen LogP contribution in [0.25, 0.3) is 0 Å². The van der Waals surface area contributed by atoms with Crippen molar-refractivity contribution in [1.82, 2.24) is 0 Å². The molecule has 0 saturated heterocycles. The summed E-state index contributed by atoms with van der Waals surface area (Å²) >= 11 is 0. The van der Waals surface area contributed by atoms with Crippen molar-refractivity contribution in [1.29, 1.82) is 0 Å². The number of hydrogen-bond acceptors (Lipinski definition) is 2. The zero-order valence-electron chi connectivity index (χ0n) is 9.18. The van der Waals surface area contributed by atoms with Crippen LogP contribution in [-0.2, 0) is 0 Å². The van der Waals surface area contributed by atoms with E-state index in [1.54, 1.807) is 13.8 Å². The van der Waals surface area contributed by atoms with Crippen LogP contribution in [0.15, 0.2) is 0 Å². The van der Waals surface area contributed by atoms with E-state index in [1.165, 1.54) is 38.5 Å². The zero-order valence-corrected chi connectivity index (χ0v) is 10.6. The maximum Gasteiger partial charge on any atom is 2.00 e. The van der Waals surface area contributed by atoms with Crippen LogP contribution in [0.2, 0.25) is 0 Å². The summed E-state index contributed by atoms with van der Waals surface area (Å²) in [7, 11) is 0. The van der Waals surface area contributed by atoms with Crippen LogP contribution < -0.4 is 10.2 Å². The van der Waals surface area contributed by atoms with Gasteiger partial charge in [-0.05, 0) is 0 Å². The number of rotatable bonds is 0. The Labute approximate surface area is 98.9 Å². The van der Waals surface area contributed by atoms with Gasteiger partial charge in [-0.25, -0.2) is 0 Å². The van der Waals surface area contributed by atoms with Crippen molar-refractivity contribution in [2.24, 2.45) is 0 Å². The van der Waals surface area contributed by atoms with Gasteiger partial charge >= 0.3 is 23.1 Å². The summed E-state index contributed by atoms with van der Waals surface area (Å²) in [5, 5.41) is 17.9. The number of hydrogen-bond donors (Lipinski definition) is 0. The maximum absolute atomic E-state index is 8.93. The minimum absolute atomic E-state index is 0. The van der Waals surface area contributed by atoms with Gasteiger partial charge in [0.25, 0.3) is 0 Å². The summed E-state index contributed by atoms with van der Waals surface area (Å²) in [6, 6.07) is 0. The summed E-state index contributed by atoms with van der Waals surface area (Å²) < 4.78 is 0. The van der Waals surface area contributed by atoms with Gasteiger partial charge in [-0.3, -0.25) is 0 Å². The molecule has 0 aromatic carbocycles. The predicted molar refractivity (Wildman–Crippen MR) is 54.5 cm³/mol. The summed E-state index contributed by atoms with van der Waals surface area (Å²) in [6.45, 7) is 3.14. The molecule has 0 radical (unpaired) electrons. The molecule has 1 rings (SSSR count). The van der Waals surface area contributed by atoms with Gasteiger partial charge in [0.15, 0.2) is 0 Å². The molecule has 0 aromatic heterocycles. The second kappa shape index (κ2) is 23.0. The third kappa shape index (κ3) is 32.4. The first kappa shape index (κ1) is 19.3. The first-order valence-corrected chi connectivity index (χ1v) is 4.99. The summed E-state index contributed by atoms with van der Waals surface area (Å²) in [5.41, 5.74) is 0. The second-order valence-corrected chi connectivity index (χ2v) is 2.70. The first-order chi connectivity index (χ1) is 5.83. The largest absolute Gasteiger partial charge is 2.00 e. The van der Waals surface area contributed by atoms with Crippen LogP contribution in [0.5, 0.6) is 0 Å². The average Bonchev–Trinajstić information content (AvgIpc) is 2.10. The van der Waals surface area contributed by atoms with Crippen LogP contribution in [0.3, 0.4) is 0 Å². The topological polar surface area (TPSA) is 46.1 Å². The monoisotopic (exact) mass is 198 g/mol. The fourth-order valence-electron chi connectivity index (χ4n) is 1.06. The van der Waals surface area contributed by atoms with Crippen LogP contribution in [-0.4, -0.2) is 36.3 Å². The van der Waals surface area contributed by atoms with Gasteiger partial charge in [-0.1, -0.05) is 52.4 Å². The van der Waals surface area contributed by atoms with Crippen molar-refractivity contribution < 1.29 is 10.2 Å². The molecule has 76 valence electrons. The van der Waals surface area contributed by atoms with Crippen LogP contribution in [0.1, 0.15) is 52.4 Å². The van der Waals surface area contributed by atoms with Gasteiger partial charge in [-0.2, -0.15) is 0 Å². The molecule has 0 unspecified atom stereocenters. The molecule has 2 nitrogen and oxygen atoms in total. The standard InChI is InChI=1S/C6H12.2C2H5O.Mg/c1-2-4-6-5-3-1;2*1-2-3;/h1-6H2;2*2H2,1H3;/q;2*-1;+2. The first-order valence-electron chi connectivity index (χ1n) is 4.99. The van der Waals surface area contributed by atoms with E-state index in [0.717, 1.165) is 0 Å². The van der Waals surface area contributed by atoms with E-state index in [0.29, 0.717) is 0 Å². The Bertz CT molecular complexity index is 43.4. The van der Waals surface area contributed by atoms with Gasteiger partial charge in [0.1, 0.15) is 0 Å². The maximum atomic E-state index is 8.93. The van der Waals surface area contributed by atoms with Gasteiger partial charge in [0.2, 0.25) is 0 Å². The smallest absolute Gasteiger partial charge is 0.855 e. The molecular formula is C10H22MgO2. The minimum atomic E-state index is 0. The third-order valence-electron chi connectivity index (χ3n) is 1.50. The Morgan fingerprint density at radius 2 is 0.769 bits per heavy atom. The molecule has 0 heterocycles. The van der Waals surface area contributed by atoms with E-state index in [2.05, 4.69) is 0 Å². The molecule has 0 aliphatic heterocycles. The summed E-state index contributed by atoms with van der Waals surface area (Å²) in [4.78, 5) is 0. The zero-order chi connectivity index (χ0) is 9.66. The fraction of sp³-hybridized carbons (Fsp3) is 1.00. The van der Waals surface area contributed by atoms with Crippen LogP contribution in [0.4, 0.5) is 0 Å². The Kier molecular flexibility index (Phi) is 34.1. The van der Waals surface area contributed by atoms with E-state index >= 15 is 0 Å². The van der Waals surface area contributed by atoms with Crippen LogP contribution in [0, 0.1) is 0 Å². The Balaban J connectivity index is -0.000000126. The second-order valence-electron chi connectivity index (χ2n) is 2.70. The SMILES string of the molecule is C1CCCCC1.CC[O-].CC[O-].[Mg+2]. The quantitative estimate of drug-likeness (QED) is 0.538. The van der Waals surface area contributed by atoms with Crippen molar-refractivity contribution in [3.63, 3.8) is 0 Å². The van der Waals surface area contributed by atoms with Crippen LogP contribution >= 0.6 is 0 Å². The van der Waals surface area contributed by atoms with Crippen molar-refractivity contribution in [3.8, 4) is 0 Å². The van der Waals surface area contributed by atoms with E-state index in [-0.39, 0.29) is 36.3 Å². The molecule has 13 heavy (non-hydrogen) atoms. The van der Waals surface area contributed by atoms with E-state index in [9.17, 15) is 0 Å². The summed E-state index contributed by atoms with van der Waals surface area (Å²) in [6.07, 6.45) is 9.00. The van der Waals surface area contributed by atoms with E-state index in [4.69, 9.17) is 10.2 Å². The van der Waals surface area contributed by atoms with Gasteiger partial charge in [-0.15, -0.1) is 13.2 Å². The molecule has 0 spiro atoms. The Morgan fingerprint density at radius 1 is 0.692 bits per heavy atom. The molecule has 3 heteroatoms. The normalized spacial score (nSPS) is 13.8. The third-order valence-corrected chi connectivity index (χ3v) is 1.50. The molecule has 1 aliphatic carbocycles. The van der Waals surface area contributed by atoms with Gasteiger partial charge in [0.05, 0.1) is 0 Å².